The minimum atomic E-state index is -3.12. The maximum absolute atomic E-state index is 11.4. The quantitative estimate of drug-likeness (QED) is 0.759. The molecule has 0 unspecified atom stereocenters. The van der Waals surface area contributed by atoms with Crippen LogP contribution in [0.2, 0.25) is 0 Å². The molecule has 6 heteroatoms. The number of hydrogen-bond acceptors (Lipinski definition) is 5. The first-order valence-corrected chi connectivity index (χ1v) is 7.66. The van der Waals surface area contributed by atoms with Crippen molar-refractivity contribution in [3.8, 4) is 11.5 Å². The summed E-state index contributed by atoms with van der Waals surface area (Å²) in [6.07, 6.45) is 0. The molecule has 1 aromatic rings. The Kier molecular flexibility index (Phi) is 5.94. The zero-order valence-electron chi connectivity index (χ0n) is 10.5. The minimum Gasteiger partial charge on any atom is -0.490 e. The lowest BCUT2D eigenvalue weighted by Gasteiger charge is -2.11. The predicted octanol–water partition coefficient (Wildman–Crippen LogP) is 0.838. The summed E-state index contributed by atoms with van der Waals surface area (Å²) in [6, 6.07) is 7.18. The maximum Gasteiger partial charge on any atom is 0.161 e. The normalized spacial score (nSPS) is 11.2. The van der Waals surface area contributed by atoms with Gasteiger partial charge < -0.3 is 15.2 Å². The van der Waals surface area contributed by atoms with Gasteiger partial charge in [-0.15, -0.1) is 0 Å². The Bertz CT molecular complexity index is 459. The van der Waals surface area contributed by atoms with Crippen LogP contribution < -0.4 is 15.2 Å². The van der Waals surface area contributed by atoms with E-state index in [1.54, 1.807) is 12.1 Å². The second-order valence-electron chi connectivity index (χ2n) is 3.67. The van der Waals surface area contributed by atoms with Crippen molar-refractivity contribution in [2.75, 3.05) is 31.3 Å². The molecule has 0 spiro atoms. The second-order valence-corrected chi connectivity index (χ2v) is 5.97. The molecule has 0 fully saturated rings. The second kappa shape index (κ2) is 7.23. The summed E-state index contributed by atoms with van der Waals surface area (Å²) in [7, 11) is -3.12. The summed E-state index contributed by atoms with van der Waals surface area (Å²) in [5.41, 5.74) is 5.22. The average molecular weight is 273 g/mol. The summed E-state index contributed by atoms with van der Waals surface area (Å²) in [4.78, 5) is 0. The van der Waals surface area contributed by atoms with Crippen LogP contribution in [0.1, 0.15) is 6.92 Å². The van der Waals surface area contributed by atoms with Crippen molar-refractivity contribution in [2.24, 2.45) is 5.73 Å². The minimum absolute atomic E-state index is 0.0104. The highest BCUT2D eigenvalue weighted by Crippen LogP contribution is 2.26. The Morgan fingerprint density at radius 3 is 2.28 bits per heavy atom. The van der Waals surface area contributed by atoms with Crippen molar-refractivity contribution >= 4 is 9.84 Å². The van der Waals surface area contributed by atoms with Crippen LogP contribution in [0.3, 0.4) is 0 Å². The molecular formula is C12H19NO4S. The van der Waals surface area contributed by atoms with Gasteiger partial charge in [-0.3, -0.25) is 0 Å². The van der Waals surface area contributed by atoms with Crippen LogP contribution in [-0.2, 0) is 9.84 Å². The molecule has 1 rings (SSSR count). The first-order chi connectivity index (χ1) is 8.59. The number of rotatable bonds is 8. The molecule has 0 aliphatic heterocycles. The third-order valence-corrected chi connectivity index (χ3v) is 3.88. The lowest BCUT2D eigenvalue weighted by atomic mass is 10.3. The smallest absolute Gasteiger partial charge is 0.161 e. The zero-order chi connectivity index (χ0) is 13.4. The van der Waals surface area contributed by atoms with Gasteiger partial charge in [0.05, 0.1) is 18.1 Å². The van der Waals surface area contributed by atoms with Gasteiger partial charge in [-0.1, -0.05) is 12.1 Å². The number of para-hydroxylation sites is 2. The highest BCUT2D eigenvalue weighted by molar-refractivity contribution is 7.91. The van der Waals surface area contributed by atoms with E-state index in [1.165, 1.54) is 0 Å². The molecule has 0 heterocycles. The van der Waals surface area contributed by atoms with Crippen molar-refractivity contribution in [1.29, 1.82) is 0 Å². The van der Waals surface area contributed by atoms with E-state index < -0.39 is 9.84 Å². The molecule has 0 saturated carbocycles. The Balaban J connectivity index is 2.53. The Hall–Kier alpha value is -1.27. The molecule has 0 aliphatic rings. The van der Waals surface area contributed by atoms with Gasteiger partial charge in [-0.2, -0.15) is 0 Å². The summed E-state index contributed by atoms with van der Waals surface area (Å²) in [6.45, 7) is 2.65. The molecule has 0 aromatic heterocycles. The molecule has 5 nitrogen and oxygen atoms in total. The first-order valence-electron chi connectivity index (χ1n) is 5.84. The van der Waals surface area contributed by atoms with Crippen molar-refractivity contribution < 1.29 is 17.9 Å². The lowest BCUT2D eigenvalue weighted by molar-refractivity contribution is 0.288. The van der Waals surface area contributed by atoms with Crippen molar-refractivity contribution in [2.45, 2.75) is 6.92 Å². The summed E-state index contributed by atoms with van der Waals surface area (Å²) >= 11 is 0. The molecular weight excluding hydrogens is 254 g/mol. The zero-order valence-corrected chi connectivity index (χ0v) is 11.3. The first kappa shape index (κ1) is 14.8. The van der Waals surface area contributed by atoms with Crippen molar-refractivity contribution in [3.63, 3.8) is 0 Å². The average Bonchev–Trinajstić information content (AvgIpc) is 2.31. The molecule has 18 heavy (non-hydrogen) atoms. The SMILES string of the molecule is CCOc1ccccc1OCCS(=O)(=O)CCN. The summed E-state index contributed by atoms with van der Waals surface area (Å²) in [5, 5.41) is 0. The van der Waals surface area contributed by atoms with Gasteiger partial charge in [0.2, 0.25) is 0 Å². The molecule has 0 radical (unpaired) electrons. The van der Waals surface area contributed by atoms with E-state index in [2.05, 4.69) is 0 Å². The van der Waals surface area contributed by atoms with Crippen LogP contribution in [0.4, 0.5) is 0 Å². The highest BCUT2D eigenvalue weighted by atomic mass is 32.2. The molecule has 0 saturated heterocycles. The van der Waals surface area contributed by atoms with E-state index in [4.69, 9.17) is 15.2 Å². The van der Waals surface area contributed by atoms with Gasteiger partial charge in [0, 0.05) is 6.54 Å². The predicted molar refractivity (Wildman–Crippen MR) is 70.8 cm³/mol. The van der Waals surface area contributed by atoms with Crippen LogP contribution in [-0.4, -0.2) is 39.7 Å². The lowest BCUT2D eigenvalue weighted by Crippen LogP contribution is -2.22. The molecule has 0 atom stereocenters. The largest absolute Gasteiger partial charge is 0.490 e. The monoisotopic (exact) mass is 273 g/mol. The maximum atomic E-state index is 11.4. The fourth-order valence-corrected chi connectivity index (χ4v) is 2.30. The van der Waals surface area contributed by atoms with Crippen LogP contribution in [0.15, 0.2) is 24.3 Å². The number of nitrogens with two attached hydrogens (primary N) is 1. The van der Waals surface area contributed by atoms with E-state index in [-0.39, 0.29) is 24.7 Å². The molecule has 1 aromatic carbocycles. The fraction of sp³-hybridized carbons (Fsp3) is 0.500. The van der Waals surface area contributed by atoms with E-state index >= 15 is 0 Å². The van der Waals surface area contributed by atoms with Crippen molar-refractivity contribution in [3.05, 3.63) is 24.3 Å². The number of ether oxygens (including phenoxy) is 2. The Labute approximate surface area is 108 Å². The molecule has 0 bridgehead atoms. The van der Waals surface area contributed by atoms with E-state index in [1.807, 2.05) is 19.1 Å². The van der Waals surface area contributed by atoms with E-state index in [0.29, 0.717) is 18.1 Å². The van der Waals surface area contributed by atoms with Gasteiger partial charge in [0.1, 0.15) is 6.61 Å². The standard InChI is InChI=1S/C12H19NO4S/c1-2-16-11-5-3-4-6-12(11)17-8-10-18(14,15)9-7-13/h3-6H,2,7-10,13H2,1H3. The fourth-order valence-electron chi connectivity index (χ4n) is 1.40. The molecule has 102 valence electrons. The number of benzene rings is 1. The third kappa shape index (κ3) is 4.93. The Morgan fingerprint density at radius 1 is 1.11 bits per heavy atom. The van der Waals surface area contributed by atoms with Gasteiger partial charge >= 0.3 is 0 Å². The topological polar surface area (TPSA) is 78.6 Å². The van der Waals surface area contributed by atoms with Gasteiger partial charge in [0.15, 0.2) is 21.3 Å². The van der Waals surface area contributed by atoms with Crippen LogP contribution in [0.25, 0.3) is 0 Å². The van der Waals surface area contributed by atoms with Crippen molar-refractivity contribution in [1.82, 2.24) is 0 Å². The highest BCUT2D eigenvalue weighted by Gasteiger charge is 2.10. The summed E-state index contributed by atoms with van der Waals surface area (Å²) in [5.74, 6) is 1.13. The van der Waals surface area contributed by atoms with Gasteiger partial charge in [0.25, 0.3) is 0 Å². The van der Waals surface area contributed by atoms with Gasteiger partial charge in [-0.25, -0.2) is 8.42 Å². The van der Waals surface area contributed by atoms with E-state index in [0.717, 1.165) is 0 Å². The molecule has 0 amide bonds. The van der Waals surface area contributed by atoms with E-state index in [9.17, 15) is 8.42 Å². The summed E-state index contributed by atoms with van der Waals surface area (Å²) < 4.78 is 33.7. The molecule has 2 N–H and O–H groups in total. The Morgan fingerprint density at radius 2 is 1.72 bits per heavy atom. The molecule has 0 aliphatic carbocycles. The number of sulfone groups is 1. The van der Waals surface area contributed by atoms with Crippen LogP contribution in [0.5, 0.6) is 11.5 Å². The van der Waals surface area contributed by atoms with Crippen LogP contribution >= 0.6 is 0 Å². The number of hydrogen-bond donors (Lipinski definition) is 1. The van der Waals surface area contributed by atoms with Crippen LogP contribution in [0, 0.1) is 0 Å². The third-order valence-electron chi connectivity index (χ3n) is 2.23. The van der Waals surface area contributed by atoms with Gasteiger partial charge in [-0.05, 0) is 19.1 Å².